The third-order valence-electron chi connectivity index (χ3n) is 2.12. The van der Waals surface area contributed by atoms with E-state index >= 15 is 0 Å². The maximum Gasteiger partial charge on any atom is 3.00 e. The van der Waals surface area contributed by atoms with Crippen LogP contribution >= 0.6 is 24.4 Å². The molecule has 126 valence electrons. The van der Waals surface area contributed by atoms with Crippen molar-refractivity contribution in [1.29, 1.82) is 0 Å². The maximum atomic E-state index is 5.14. The maximum absolute atomic E-state index is 5.14. The van der Waals surface area contributed by atoms with Crippen LogP contribution in [0.5, 0.6) is 0 Å². The number of nitrogens with one attached hydrogen (secondary N) is 2. The SMILES string of the molecule is NC(=S)NN=Cc1ccccn1.NC(=S)NN=Cc1ccccn1.[Bi+3]. The molecule has 0 bridgehead atoms. The zero-order valence-corrected chi connectivity index (χ0v) is 18.1. The monoisotopic (exact) mass is 569 g/mol. The molecule has 6 N–H and O–H groups in total. The van der Waals surface area contributed by atoms with Crippen molar-refractivity contribution in [1.82, 2.24) is 20.8 Å². The van der Waals surface area contributed by atoms with Gasteiger partial charge in [-0.25, -0.2) is 0 Å². The van der Waals surface area contributed by atoms with Gasteiger partial charge in [-0.05, 0) is 48.7 Å². The first-order valence-corrected chi connectivity index (χ1v) is 7.38. The van der Waals surface area contributed by atoms with Gasteiger partial charge in [0, 0.05) is 12.4 Å². The number of pyridine rings is 2. The Kier molecular flexibility index (Phi) is 13.1. The first-order chi connectivity index (χ1) is 11.6. The fraction of sp³-hybridized carbons (Fsp3) is 0. The predicted octanol–water partition coefficient (Wildman–Crippen LogP) is 0.117. The summed E-state index contributed by atoms with van der Waals surface area (Å²) in [5.74, 6) is 0. The second-order valence-electron chi connectivity index (χ2n) is 3.98. The fourth-order valence-electron chi connectivity index (χ4n) is 1.23. The van der Waals surface area contributed by atoms with Crippen molar-refractivity contribution >= 4 is 73.3 Å². The molecule has 0 aliphatic carbocycles. The second-order valence-corrected chi connectivity index (χ2v) is 4.86. The molecule has 0 unspecified atom stereocenters. The molecular formula is C14H16BiN8S2+3. The molecule has 0 amide bonds. The van der Waals surface area contributed by atoms with Gasteiger partial charge in [-0.3, -0.25) is 20.8 Å². The molecule has 2 radical (unpaired) electrons. The topological polar surface area (TPSA) is 127 Å². The van der Waals surface area contributed by atoms with Crippen molar-refractivity contribution in [3.8, 4) is 0 Å². The molecule has 0 fully saturated rings. The first-order valence-electron chi connectivity index (χ1n) is 6.57. The second kappa shape index (κ2) is 14.3. The van der Waals surface area contributed by atoms with Crippen LogP contribution < -0.4 is 22.3 Å². The van der Waals surface area contributed by atoms with E-state index in [2.05, 4.69) is 55.5 Å². The number of rotatable bonds is 4. The Bertz CT molecular complexity index is 633. The Morgan fingerprint density at radius 2 is 1.24 bits per heavy atom. The van der Waals surface area contributed by atoms with Gasteiger partial charge in [0.25, 0.3) is 0 Å². The summed E-state index contributed by atoms with van der Waals surface area (Å²) in [6, 6.07) is 11.1. The van der Waals surface area contributed by atoms with Gasteiger partial charge in [0.1, 0.15) is 0 Å². The van der Waals surface area contributed by atoms with Crippen LogP contribution in [0.2, 0.25) is 0 Å². The van der Waals surface area contributed by atoms with Crippen molar-refractivity contribution in [2.45, 2.75) is 0 Å². The average molecular weight is 569 g/mol. The van der Waals surface area contributed by atoms with E-state index in [9.17, 15) is 0 Å². The van der Waals surface area contributed by atoms with E-state index in [1.54, 1.807) is 24.8 Å². The van der Waals surface area contributed by atoms with E-state index in [-0.39, 0.29) is 36.4 Å². The molecule has 0 saturated carbocycles. The van der Waals surface area contributed by atoms with Crippen molar-refractivity contribution in [3.05, 3.63) is 60.2 Å². The third-order valence-corrected chi connectivity index (χ3v) is 2.30. The van der Waals surface area contributed by atoms with Crippen LogP contribution in [0, 0.1) is 0 Å². The number of hydrogen-bond acceptors (Lipinski definition) is 6. The van der Waals surface area contributed by atoms with Gasteiger partial charge in [0.2, 0.25) is 0 Å². The van der Waals surface area contributed by atoms with Gasteiger partial charge in [-0.1, -0.05) is 12.1 Å². The molecule has 11 heteroatoms. The first kappa shape index (κ1) is 22.9. The molecule has 0 spiro atoms. The van der Waals surface area contributed by atoms with Gasteiger partial charge >= 0.3 is 26.2 Å². The standard InChI is InChI=1S/2C7H8N4S.Bi/c2*8-7(12)11-10-5-6-3-1-2-4-9-6;/h2*1-5H,(H3,8,11,12);/q;;+3. The summed E-state index contributed by atoms with van der Waals surface area (Å²) in [6.07, 6.45) is 6.45. The molecule has 8 nitrogen and oxygen atoms in total. The van der Waals surface area contributed by atoms with Gasteiger partial charge in [0.05, 0.1) is 23.8 Å². The summed E-state index contributed by atoms with van der Waals surface area (Å²) >= 11 is 9.09. The summed E-state index contributed by atoms with van der Waals surface area (Å²) in [5, 5.41) is 7.76. The molecular weight excluding hydrogens is 553 g/mol. The molecule has 0 atom stereocenters. The van der Waals surface area contributed by atoms with Gasteiger partial charge in [0.15, 0.2) is 10.2 Å². The molecule has 2 rings (SSSR count). The molecule has 25 heavy (non-hydrogen) atoms. The molecule has 0 aromatic carbocycles. The zero-order chi connectivity index (χ0) is 17.6. The van der Waals surface area contributed by atoms with Crippen molar-refractivity contribution in [2.75, 3.05) is 0 Å². The summed E-state index contributed by atoms with van der Waals surface area (Å²) in [7, 11) is 0. The van der Waals surface area contributed by atoms with Crippen LogP contribution in [0.25, 0.3) is 0 Å². The number of nitrogens with two attached hydrogens (primary N) is 2. The van der Waals surface area contributed by atoms with Crippen LogP contribution in [0.15, 0.2) is 59.0 Å². The Labute approximate surface area is 175 Å². The zero-order valence-electron chi connectivity index (χ0n) is 13.0. The summed E-state index contributed by atoms with van der Waals surface area (Å²) in [5.41, 5.74) is 16.7. The van der Waals surface area contributed by atoms with Crippen LogP contribution in [0.3, 0.4) is 0 Å². The quantitative estimate of drug-likeness (QED) is 0.177. The summed E-state index contributed by atoms with van der Waals surface area (Å²) in [6.45, 7) is 0. The van der Waals surface area contributed by atoms with E-state index in [0.717, 1.165) is 11.4 Å². The van der Waals surface area contributed by atoms with Gasteiger partial charge in [-0.2, -0.15) is 10.2 Å². The average Bonchev–Trinajstić information content (AvgIpc) is 2.57. The Balaban J connectivity index is 0.000000443. The molecule has 0 aliphatic heterocycles. The van der Waals surface area contributed by atoms with Crippen molar-refractivity contribution in [2.24, 2.45) is 21.7 Å². The Hall–Kier alpha value is -2.10. The smallest absolute Gasteiger partial charge is 0.375 e. The van der Waals surface area contributed by atoms with E-state index < -0.39 is 0 Å². The summed E-state index contributed by atoms with van der Waals surface area (Å²) < 4.78 is 0. The molecule has 2 heterocycles. The van der Waals surface area contributed by atoms with Gasteiger partial charge < -0.3 is 11.5 Å². The summed E-state index contributed by atoms with van der Waals surface area (Å²) in [4.78, 5) is 8.00. The molecule has 2 aromatic heterocycles. The fourth-order valence-corrected chi connectivity index (χ4v) is 1.33. The minimum absolute atomic E-state index is 0. The van der Waals surface area contributed by atoms with E-state index in [0.29, 0.717) is 0 Å². The van der Waals surface area contributed by atoms with Crippen LogP contribution in [-0.2, 0) is 0 Å². The van der Waals surface area contributed by atoms with Crippen LogP contribution in [0.4, 0.5) is 0 Å². The number of nitrogens with zero attached hydrogens (tertiary/aromatic N) is 4. The Morgan fingerprint density at radius 3 is 1.52 bits per heavy atom. The minimum atomic E-state index is 0. The number of aromatic nitrogens is 2. The number of thiocarbonyl (C=S) groups is 2. The molecule has 0 aliphatic rings. The predicted molar refractivity (Wildman–Crippen MR) is 109 cm³/mol. The third kappa shape index (κ3) is 12.9. The van der Waals surface area contributed by atoms with E-state index in [4.69, 9.17) is 11.5 Å². The minimum Gasteiger partial charge on any atom is -0.375 e. The molecule has 2 aromatic rings. The van der Waals surface area contributed by atoms with Crippen LogP contribution in [-0.4, -0.2) is 58.8 Å². The Morgan fingerprint density at radius 1 is 0.840 bits per heavy atom. The number of hydrazone groups is 2. The normalized spacial score (nSPS) is 9.60. The molecule has 0 saturated heterocycles. The number of hydrogen-bond donors (Lipinski definition) is 4. The largest absolute Gasteiger partial charge is 3.00 e. The van der Waals surface area contributed by atoms with Gasteiger partial charge in [-0.15, -0.1) is 0 Å². The van der Waals surface area contributed by atoms with Crippen molar-refractivity contribution < 1.29 is 0 Å². The van der Waals surface area contributed by atoms with Crippen molar-refractivity contribution in [3.63, 3.8) is 0 Å². The van der Waals surface area contributed by atoms with E-state index in [1.165, 1.54) is 0 Å². The van der Waals surface area contributed by atoms with Crippen LogP contribution in [0.1, 0.15) is 11.4 Å². The van der Waals surface area contributed by atoms with E-state index in [1.807, 2.05) is 36.4 Å².